The lowest BCUT2D eigenvalue weighted by atomic mass is 10.2. The highest BCUT2D eigenvalue weighted by Crippen LogP contribution is 2.35. The third-order valence-electron chi connectivity index (χ3n) is 3.59. The third-order valence-corrected chi connectivity index (χ3v) is 3.59. The fourth-order valence-corrected chi connectivity index (χ4v) is 2.69. The average molecular weight is 242 g/mol. The molecule has 1 aliphatic heterocycles. The zero-order chi connectivity index (χ0) is 12.1. The van der Waals surface area contributed by atoms with Crippen LogP contribution in [0.2, 0.25) is 0 Å². The Morgan fingerprint density at radius 3 is 2.39 bits per heavy atom. The molecule has 0 spiro atoms. The molecule has 3 heterocycles. The minimum atomic E-state index is 0.427. The highest BCUT2D eigenvalue weighted by Gasteiger charge is 2.18. The molecule has 1 fully saturated rings. The van der Waals surface area contributed by atoms with Crippen molar-refractivity contribution in [2.75, 3.05) is 23.7 Å². The van der Waals surface area contributed by atoms with Gasteiger partial charge in [-0.2, -0.15) is 0 Å². The highest BCUT2D eigenvalue weighted by molar-refractivity contribution is 6.02. The predicted molar refractivity (Wildman–Crippen MR) is 71.8 cm³/mol. The molecule has 3 aromatic rings. The van der Waals surface area contributed by atoms with Gasteiger partial charge in [0.05, 0.1) is 0 Å². The molecule has 1 aromatic carbocycles. The Balaban J connectivity index is 1.95. The monoisotopic (exact) mass is 242 g/mol. The van der Waals surface area contributed by atoms with Gasteiger partial charge in [0.2, 0.25) is 0 Å². The number of benzene rings is 1. The number of nitrogen functional groups attached to an aromatic ring is 1. The van der Waals surface area contributed by atoms with Crippen LogP contribution in [0, 0.1) is 0 Å². The molecule has 2 N–H and O–H groups in total. The molecule has 1 saturated heterocycles. The number of furan rings is 2. The molecule has 18 heavy (non-hydrogen) atoms. The first-order valence-electron chi connectivity index (χ1n) is 6.28. The average Bonchev–Trinajstić information content (AvgIpc) is 3.05. The van der Waals surface area contributed by atoms with Crippen LogP contribution in [0.4, 0.5) is 11.8 Å². The number of fused-ring (bicyclic) bond motifs is 3. The summed E-state index contributed by atoms with van der Waals surface area (Å²) in [5.74, 6) is 1.36. The van der Waals surface area contributed by atoms with Gasteiger partial charge in [-0.15, -0.1) is 0 Å². The molecule has 1 aliphatic rings. The van der Waals surface area contributed by atoms with Crippen molar-refractivity contribution >= 4 is 33.7 Å². The summed E-state index contributed by atoms with van der Waals surface area (Å²) < 4.78 is 11.5. The highest BCUT2D eigenvalue weighted by atomic mass is 16.4. The van der Waals surface area contributed by atoms with E-state index in [1.54, 1.807) is 0 Å². The number of hydrogen-bond donors (Lipinski definition) is 1. The van der Waals surface area contributed by atoms with Crippen molar-refractivity contribution < 1.29 is 8.83 Å². The van der Waals surface area contributed by atoms with Gasteiger partial charge in [0.25, 0.3) is 0 Å². The Labute approximate surface area is 104 Å². The summed E-state index contributed by atoms with van der Waals surface area (Å²) in [4.78, 5) is 2.28. The molecule has 2 aromatic heterocycles. The molecule has 0 unspecified atom stereocenters. The van der Waals surface area contributed by atoms with Gasteiger partial charge in [-0.05, 0) is 12.8 Å². The summed E-state index contributed by atoms with van der Waals surface area (Å²) in [7, 11) is 0. The van der Waals surface area contributed by atoms with E-state index in [9.17, 15) is 0 Å². The molecule has 0 amide bonds. The smallest absolute Gasteiger partial charge is 0.196 e. The Morgan fingerprint density at radius 1 is 0.944 bits per heavy atom. The van der Waals surface area contributed by atoms with Crippen LogP contribution in [0.15, 0.2) is 33.1 Å². The molecule has 4 rings (SSSR count). The van der Waals surface area contributed by atoms with E-state index in [2.05, 4.69) is 17.0 Å². The predicted octanol–water partition coefficient (Wildman–Crippen LogP) is 3.36. The molecule has 4 heteroatoms. The van der Waals surface area contributed by atoms with Gasteiger partial charge < -0.3 is 19.5 Å². The molecule has 0 atom stereocenters. The van der Waals surface area contributed by atoms with Gasteiger partial charge in [-0.25, -0.2) is 0 Å². The second-order valence-corrected chi connectivity index (χ2v) is 4.83. The maximum absolute atomic E-state index is 5.96. The summed E-state index contributed by atoms with van der Waals surface area (Å²) in [6.07, 6.45) is 2.47. The fourth-order valence-electron chi connectivity index (χ4n) is 2.69. The molecule has 0 bridgehead atoms. The molecule has 0 saturated carbocycles. The zero-order valence-corrected chi connectivity index (χ0v) is 9.98. The number of nitrogens with zero attached hydrogens (tertiary/aromatic N) is 1. The van der Waals surface area contributed by atoms with Crippen LogP contribution in [0.1, 0.15) is 12.8 Å². The second kappa shape index (κ2) is 3.45. The van der Waals surface area contributed by atoms with Crippen LogP contribution in [0.3, 0.4) is 0 Å². The van der Waals surface area contributed by atoms with E-state index < -0.39 is 0 Å². The van der Waals surface area contributed by atoms with E-state index in [0.29, 0.717) is 5.88 Å². The van der Waals surface area contributed by atoms with Crippen LogP contribution in [-0.2, 0) is 0 Å². The second-order valence-electron chi connectivity index (χ2n) is 4.83. The Morgan fingerprint density at radius 2 is 1.61 bits per heavy atom. The van der Waals surface area contributed by atoms with Crippen molar-refractivity contribution in [3.05, 3.63) is 24.3 Å². The summed E-state index contributed by atoms with van der Waals surface area (Å²) >= 11 is 0. The topological polar surface area (TPSA) is 55.5 Å². The Hall–Kier alpha value is -2.10. The van der Waals surface area contributed by atoms with Gasteiger partial charge in [0, 0.05) is 36.0 Å². The maximum Gasteiger partial charge on any atom is 0.196 e. The third kappa shape index (κ3) is 1.32. The quantitative estimate of drug-likeness (QED) is 0.710. The first kappa shape index (κ1) is 9.88. The van der Waals surface area contributed by atoms with E-state index >= 15 is 0 Å². The van der Waals surface area contributed by atoms with E-state index in [4.69, 9.17) is 14.6 Å². The van der Waals surface area contributed by atoms with Gasteiger partial charge >= 0.3 is 0 Å². The summed E-state index contributed by atoms with van der Waals surface area (Å²) in [5, 5.41) is 2.06. The van der Waals surface area contributed by atoms with E-state index in [-0.39, 0.29) is 0 Å². The molecular formula is C14H14N2O2. The van der Waals surface area contributed by atoms with Gasteiger partial charge in [-0.1, -0.05) is 12.1 Å². The summed E-state index contributed by atoms with van der Waals surface area (Å²) in [6, 6.07) is 7.97. The van der Waals surface area contributed by atoms with Crippen molar-refractivity contribution in [3.8, 4) is 0 Å². The first-order chi connectivity index (χ1) is 8.81. The lowest BCUT2D eigenvalue weighted by Gasteiger charge is -2.12. The lowest BCUT2D eigenvalue weighted by Crippen LogP contribution is -2.16. The van der Waals surface area contributed by atoms with Gasteiger partial charge in [0.1, 0.15) is 0 Å². The van der Waals surface area contributed by atoms with Crippen LogP contribution >= 0.6 is 0 Å². The number of hydrogen-bond acceptors (Lipinski definition) is 4. The number of anilines is 2. The first-order valence-corrected chi connectivity index (χ1v) is 6.28. The minimum absolute atomic E-state index is 0.427. The number of rotatable bonds is 1. The van der Waals surface area contributed by atoms with Crippen molar-refractivity contribution in [1.82, 2.24) is 0 Å². The molecule has 92 valence electrons. The van der Waals surface area contributed by atoms with Crippen LogP contribution < -0.4 is 10.6 Å². The van der Waals surface area contributed by atoms with Crippen molar-refractivity contribution in [2.45, 2.75) is 12.8 Å². The van der Waals surface area contributed by atoms with E-state index in [0.717, 1.165) is 40.9 Å². The Kier molecular flexibility index (Phi) is 1.89. The fraction of sp³-hybridized carbons (Fsp3) is 0.286. The number of nitrogens with two attached hydrogens (primary N) is 1. The van der Waals surface area contributed by atoms with Gasteiger partial charge in [-0.3, -0.25) is 0 Å². The lowest BCUT2D eigenvalue weighted by molar-refractivity contribution is 0.582. The summed E-state index contributed by atoms with van der Waals surface area (Å²) in [6.45, 7) is 2.15. The van der Waals surface area contributed by atoms with E-state index in [1.165, 1.54) is 12.8 Å². The van der Waals surface area contributed by atoms with Crippen molar-refractivity contribution in [1.29, 1.82) is 0 Å². The van der Waals surface area contributed by atoms with Gasteiger partial charge in [0.15, 0.2) is 22.9 Å². The molecule has 4 nitrogen and oxygen atoms in total. The normalized spacial score (nSPS) is 16.1. The maximum atomic E-state index is 5.96. The van der Waals surface area contributed by atoms with Crippen LogP contribution in [0.5, 0.6) is 0 Å². The molecule has 0 radical (unpaired) electrons. The Bertz CT molecular complexity index is 720. The van der Waals surface area contributed by atoms with Crippen LogP contribution in [0.25, 0.3) is 21.9 Å². The van der Waals surface area contributed by atoms with E-state index in [1.807, 2.05) is 12.1 Å². The molecular weight excluding hydrogens is 228 g/mol. The summed E-state index contributed by atoms with van der Waals surface area (Å²) in [5.41, 5.74) is 7.23. The van der Waals surface area contributed by atoms with Crippen molar-refractivity contribution in [2.24, 2.45) is 0 Å². The standard InChI is InChI=1S/C14H14N2O2/c15-11-7-9-3-4-10-8-12(16-5-1-2-6-16)18-14(10)13(9)17-11/h3-4,7-8H,1-2,5-6,15H2. The van der Waals surface area contributed by atoms with Crippen molar-refractivity contribution in [3.63, 3.8) is 0 Å². The largest absolute Gasteiger partial charge is 0.437 e. The molecule has 0 aliphatic carbocycles. The zero-order valence-electron chi connectivity index (χ0n) is 9.98. The SMILES string of the molecule is Nc1cc2ccc3cc(N4CCCC4)oc3c2o1. The minimum Gasteiger partial charge on any atom is -0.437 e. The van der Waals surface area contributed by atoms with Crippen LogP contribution in [-0.4, -0.2) is 13.1 Å².